The van der Waals surface area contributed by atoms with E-state index in [0.717, 1.165) is 49.8 Å². The van der Waals surface area contributed by atoms with Crippen molar-refractivity contribution in [1.29, 1.82) is 0 Å². The van der Waals surface area contributed by atoms with E-state index >= 15 is 0 Å². The molecule has 0 bridgehead atoms. The van der Waals surface area contributed by atoms with Crippen molar-refractivity contribution < 1.29 is 22.8 Å². The summed E-state index contributed by atoms with van der Waals surface area (Å²) in [7, 11) is -2.30. The SMILES string of the molecule is CC(=O)N1CCC(N2CCC3(CC2)CN2C(=O)CN(S(=O)(=O)c4ccc5cc(Cl)ccc5c4)CC24CN(C)C(=O)N34)CC1. The van der Waals surface area contributed by atoms with Crippen LogP contribution in [0.4, 0.5) is 4.79 Å². The first-order valence-corrected chi connectivity index (χ1v) is 16.8. The van der Waals surface area contributed by atoms with Crippen LogP contribution in [0.1, 0.15) is 32.6 Å². The third kappa shape index (κ3) is 4.43. The molecule has 13 heteroatoms. The quantitative estimate of drug-likeness (QED) is 0.517. The number of rotatable bonds is 3. The van der Waals surface area contributed by atoms with E-state index in [9.17, 15) is 22.8 Å². The lowest BCUT2D eigenvalue weighted by Crippen LogP contribution is -2.68. The van der Waals surface area contributed by atoms with Gasteiger partial charge in [-0.15, -0.1) is 0 Å². The molecule has 1 unspecified atom stereocenters. The molecule has 0 radical (unpaired) electrons. The first-order chi connectivity index (χ1) is 20.4. The van der Waals surface area contributed by atoms with Gasteiger partial charge in [0.25, 0.3) is 0 Å². The molecule has 1 atom stereocenters. The Labute approximate surface area is 256 Å². The third-order valence-electron chi connectivity index (χ3n) is 10.5. The van der Waals surface area contributed by atoms with Crippen LogP contribution in [0, 0.1) is 0 Å². The smallest absolute Gasteiger partial charge is 0.322 e. The minimum Gasteiger partial charge on any atom is -0.343 e. The van der Waals surface area contributed by atoms with Gasteiger partial charge in [0.15, 0.2) is 5.66 Å². The first-order valence-electron chi connectivity index (χ1n) is 15.0. The van der Waals surface area contributed by atoms with Crippen molar-refractivity contribution in [2.45, 2.75) is 54.7 Å². The van der Waals surface area contributed by atoms with Crippen molar-refractivity contribution in [1.82, 2.24) is 28.8 Å². The summed E-state index contributed by atoms with van der Waals surface area (Å²) in [5.41, 5.74) is -1.59. The van der Waals surface area contributed by atoms with Gasteiger partial charge in [0.1, 0.15) is 0 Å². The minimum absolute atomic E-state index is 0.0325. The molecule has 5 heterocycles. The molecule has 5 fully saturated rings. The van der Waals surface area contributed by atoms with Crippen LogP contribution in [-0.4, -0.2) is 132 Å². The molecular weight excluding hydrogens is 592 g/mol. The van der Waals surface area contributed by atoms with E-state index in [0.29, 0.717) is 30.5 Å². The number of nitrogens with zero attached hydrogens (tertiary/aromatic N) is 6. The fourth-order valence-electron chi connectivity index (χ4n) is 8.24. The van der Waals surface area contributed by atoms with E-state index in [1.54, 1.807) is 60.2 Å². The largest absolute Gasteiger partial charge is 0.343 e. The van der Waals surface area contributed by atoms with E-state index in [-0.39, 0.29) is 42.4 Å². The van der Waals surface area contributed by atoms with Gasteiger partial charge in [0.05, 0.1) is 30.1 Å². The van der Waals surface area contributed by atoms with Gasteiger partial charge in [-0.1, -0.05) is 23.7 Å². The molecule has 5 aliphatic heterocycles. The van der Waals surface area contributed by atoms with Gasteiger partial charge >= 0.3 is 6.03 Å². The predicted octanol–water partition coefficient (Wildman–Crippen LogP) is 2.25. The number of hydrogen-bond donors (Lipinski definition) is 0. The maximum absolute atomic E-state index is 14.0. The van der Waals surface area contributed by atoms with Crippen LogP contribution in [0.2, 0.25) is 5.02 Å². The summed E-state index contributed by atoms with van der Waals surface area (Å²) >= 11 is 6.12. The number of fused-ring (bicyclic) bond motifs is 2. The third-order valence-corrected chi connectivity index (χ3v) is 12.5. The van der Waals surface area contributed by atoms with Crippen molar-refractivity contribution in [3.05, 3.63) is 41.4 Å². The first kappa shape index (κ1) is 28.8. The number of likely N-dealkylation sites (tertiary alicyclic amines) is 2. The molecule has 0 aromatic heterocycles. The van der Waals surface area contributed by atoms with Crippen LogP contribution >= 0.6 is 11.6 Å². The van der Waals surface area contributed by atoms with E-state index in [1.165, 1.54) is 4.31 Å². The zero-order valence-corrected chi connectivity index (χ0v) is 26.1. The summed E-state index contributed by atoms with van der Waals surface area (Å²) < 4.78 is 29.3. The molecule has 11 nitrogen and oxygen atoms in total. The number of carbonyl (C=O) groups is 3. The Morgan fingerprint density at radius 1 is 0.930 bits per heavy atom. The van der Waals surface area contributed by atoms with Crippen LogP contribution in [0.25, 0.3) is 10.8 Å². The predicted molar refractivity (Wildman–Crippen MR) is 161 cm³/mol. The number of piperazine rings is 1. The summed E-state index contributed by atoms with van der Waals surface area (Å²) in [6.45, 7) is 5.18. The average Bonchev–Trinajstić information content (AvgIpc) is 3.40. The van der Waals surface area contributed by atoms with Crippen molar-refractivity contribution in [3.63, 3.8) is 0 Å². The second-order valence-corrected chi connectivity index (χ2v) is 15.2. The number of urea groups is 1. The molecule has 230 valence electrons. The van der Waals surface area contributed by atoms with Crippen molar-refractivity contribution in [2.24, 2.45) is 0 Å². The molecule has 2 aromatic carbocycles. The highest BCUT2D eigenvalue weighted by Gasteiger charge is 2.69. The van der Waals surface area contributed by atoms with Crippen molar-refractivity contribution >= 4 is 50.2 Å². The minimum atomic E-state index is -4.03. The highest BCUT2D eigenvalue weighted by molar-refractivity contribution is 7.89. The van der Waals surface area contributed by atoms with Crippen LogP contribution < -0.4 is 0 Å². The maximum atomic E-state index is 14.0. The Balaban J connectivity index is 1.15. The highest BCUT2D eigenvalue weighted by atomic mass is 35.5. The van der Waals surface area contributed by atoms with Gasteiger partial charge < -0.3 is 19.6 Å². The van der Waals surface area contributed by atoms with E-state index in [4.69, 9.17) is 11.6 Å². The van der Waals surface area contributed by atoms with Crippen molar-refractivity contribution in [2.75, 3.05) is 59.4 Å². The van der Waals surface area contributed by atoms with E-state index in [2.05, 4.69) is 4.90 Å². The zero-order chi connectivity index (χ0) is 30.3. The molecule has 5 saturated heterocycles. The molecule has 0 saturated carbocycles. The number of hydrogen-bond acceptors (Lipinski definition) is 6. The fourth-order valence-corrected chi connectivity index (χ4v) is 9.89. The molecule has 0 N–H and O–H groups in total. The van der Waals surface area contributed by atoms with Crippen LogP contribution in [-0.2, 0) is 19.6 Å². The molecule has 0 aliphatic carbocycles. The molecule has 7 rings (SSSR count). The van der Waals surface area contributed by atoms with Crippen molar-refractivity contribution in [3.8, 4) is 0 Å². The second-order valence-electron chi connectivity index (χ2n) is 12.9. The lowest BCUT2D eigenvalue weighted by atomic mass is 9.85. The Kier molecular flexibility index (Phi) is 6.73. The normalized spacial score (nSPS) is 27.0. The highest BCUT2D eigenvalue weighted by Crippen LogP contribution is 2.50. The lowest BCUT2D eigenvalue weighted by Gasteiger charge is -2.49. The molecule has 2 aromatic rings. The summed E-state index contributed by atoms with van der Waals surface area (Å²) in [6.07, 6.45) is 3.29. The number of halogens is 1. The summed E-state index contributed by atoms with van der Waals surface area (Å²) in [6, 6.07) is 10.4. The number of amides is 4. The number of piperidine rings is 2. The van der Waals surface area contributed by atoms with Gasteiger partial charge in [0.2, 0.25) is 21.8 Å². The Morgan fingerprint density at radius 3 is 2.30 bits per heavy atom. The number of benzene rings is 2. The Hall–Kier alpha value is -2.93. The summed E-state index contributed by atoms with van der Waals surface area (Å²) in [4.78, 5) is 49.1. The number of carbonyl (C=O) groups excluding carboxylic acids is 3. The topological polar surface area (TPSA) is 105 Å². The Bertz CT molecular complexity index is 1620. The standard InChI is InChI=1S/C30H37ClN6O5S/c1-21(38)33-11-7-25(8-12-33)34-13-9-29(10-14-34)18-36-27(39)17-35(20-30(36)19-32(2)28(40)37(29)30)43(41,42)26-6-4-22-15-24(31)5-3-23(22)16-26/h3-6,15-16,25H,7-14,17-20H2,1-2H3. The van der Waals surface area contributed by atoms with Gasteiger partial charge in [-0.25, -0.2) is 13.2 Å². The summed E-state index contributed by atoms with van der Waals surface area (Å²) in [5, 5.41) is 2.14. The van der Waals surface area contributed by atoms with Crippen LogP contribution in [0.3, 0.4) is 0 Å². The molecule has 4 amide bonds. The molecule has 5 aliphatic rings. The molecule has 2 spiro atoms. The maximum Gasteiger partial charge on any atom is 0.322 e. The monoisotopic (exact) mass is 628 g/mol. The average molecular weight is 629 g/mol. The zero-order valence-electron chi connectivity index (χ0n) is 24.5. The fraction of sp³-hybridized carbons (Fsp3) is 0.567. The summed E-state index contributed by atoms with van der Waals surface area (Å²) in [5.74, 6) is -0.154. The van der Waals surface area contributed by atoms with Gasteiger partial charge in [0, 0.05) is 57.8 Å². The van der Waals surface area contributed by atoms with Gasteiger partial charge in [-0.2, -0.15) is 4.31 Å². The number of sulfonamides is 1. The number of likely N-dealkylation sites (N-methyl/N-ethyl adjacent to an activating group) is 1. The van der Waals surface area contributed by atoms with Gasteiger partial charge in [-0.05, 0) is 60.7 Å². The van der Waals surface area contributed by atoms with Crippen LogP contribution in [0.5, 0.6) is 0 Å². The van der Waals surface area contributed by atoms with E-state index < -0.39 is 21.2 Å². The van der Waals surface area contributed by atoms with Crippen LogP contribution in [0.15, 0.2) is 41.3 Å². The molecular formula is C30H37ClN6O5S. The van der Waals surface area contributed by atoms with E-state index in [1.807, 2.05) is 9.80 Å². The lowest BCUT2D eigenvalue weighted by molar-refractivity contribution is -0.143. The Morgan fingerprint density at radius 2 is 1.60 bits per heavy atom. The van der Waals surface area contributed by atoms with Gasteiger partial charge in [-0.3, -0.25) is 14.5 Å². The molecule has 43 heavy (non-hydrogen) atoms. The second kappa shape index (κ2) is 10.0.